The summed E-state index contributed by atoms with van der Waals surface area (Å²) in [4.78, 5) is 5.02. The van der Waals surface area contributed by atoms with E-state index in [1.54, 1.807) is 0 Å². The minimum absolute atomic E-state index is 0.166. The van der Waals surface area contributed by atoms with Crippen molar-refractivity contribution in [3.8, 4) is 6.07 Å². The van der Waals surface area contributed by atoms with Gasteiger partial charge in [-0.3, -0.25) is 0 Å². The molecule has 0 unspecified atom stereocenters. The fraction of sp³-hybridized carbons (Fsp3) is 0.923. The van der Waals surface area contributed by atoms with Gasteiger partial charge in [0.1, 0.15) is 0 Å². The number of nitrogens with zero attached hydrogens (tertiary/aromatic N) is 3. The lowest BCUT2D eigenvalue weighted by molar-refractivity contribution is 0.124. The van der Waals surface area contributed by atoms with Crippen molar-refractivity contribution in [1.29, 1.82) is 5.26 Å². The molecule has 0 saturated carbocycles. The van der Waals surface area contributed by atoms with Crippen LogP contribution in [0.15, 0.2) is 0 Å². The molecule has 0 aromatic carbocycles. The molecule has 3 heteroatoms. The van der Waals surface area contributed by atoms with Crippen molar-refractivity contribution in [1.82, 2.24) is 9.80 Å². The van der Waals surface area contributed by atoms with Crippen molar-refractivity contribution in [2.45, 2.75) is 33.6 Å². The maximum absolute atomic E-state index is 8.96. The standard InChI is InChI=1S/C13H25N3/c1-4-6-15-8-10-16(11-9-15)7-5-13(2,3)12-14/h4-11H2,1-3H3. The predicted molar refractivity (Wildman–Crippen MR) is 67.2 cm³/mol. The van der Waals surface area contributed by atoms with E-state index in [1.165, 1.54) is 39.1 Å². The molecule has 92 valence electrons. The lowest BCUT2D eigenvalue weighted by atomic mass is 9.91. The minimum Gasteiger partial charge on any atom is -0.301 e. The predicted octanol–water partition coefficient (Wildman–Crippen LogP) is 1.95. The zero-order valence-electron chi connectivity index (χ0n) is 11.0. The van der Waals surface area contributed by atoms with Crippen LogP contribution in [0.5, 0.6) is 0 Å². The van der Waals surface area contributed by atoms with Gasteiger partial charge in [0.15, 0.2) is 0 Å². The molecular weight excluding hydrogens is 198 g/mol. The first-order chi connectivity index (χ1) is 7.57. The Balaban J connectivity index is 2.20. The van der Waals surface area contributed by atoms with Gasteiger partial charge < -0.3 is 9.80 Å². The van der Waals surface area contributed by atoms with Crippen molar-refractivity contribution < 1.29 is 0 Å². The maximum Gasteiger partial charge on any atom is 0.0684 e. The van der Waals surface area contributed by atoms with Crippen LogP contribution >= 0.6 is 0 Å². The molecule has 0 aromatic heterocycles. The Morgan fingerprint density at radius 3 is 2.00 bits per heavy atom. The summed E-state index contributed by atoms with van der Waals surface area (Å²) in [6.07, 6.45) is 2.23. The van der Waals surface area contributed by atoms with Gasteiger partial charge in [-0.15, -0.1) is 0 Å². The minimum atomic E-state index is -0.166. The first-order valence-electron chi connectivity index (χ1n) is 6.43. The summed E-state index contributed by atoms with van der Waals surface area (Å²) in [5.41, 5.74) is -0.166. The van der Waals surface area contributed by atoms with E-state index in [0.717, 1.165) is 13.0 Å². The maximum atomic E-state index is 8.96. The highest BCUT2D eigenvalue weighted by atomic mass is 15.3. The molecule has 0 radical (unpaired) electrons. The molecule has 1 heterocycles. The molecule has 1 aliphatic rings. The molecule has 1 saturated heterocycles. The lowest BCUT2D eigenvalue weighted by Crippen LogP contribution is -2.47. The fourth-order valence-corrected chi connectivity index (χ4v) is 2.05. The zero-order valence-corrected chi connectivity index (χ0v) is 11.0. The van der Waals surface area contributed by atoms with Gasteiger partial charge in [-0.2, -0.15) is 5.26 Å². The second-order valence-corrected chi connectivity index (χ2v) is 5.43. The highest BCUT2D eigenvalue weighted by Crippen LogP contribution is 2.19. The summed E-state index contributed by atoms with van der Waals surface area (Å²) < 4.78 is 0. The smallest absolute Gasteiger partial charge is 0.0684 e. The Morgan fingerprint density at radius 2 is 1.56 bits per heavy atom. The van der Waals surface area contributed by atoms with Crippen LogP contribution in [0.4, 0.5) is 0 Å². The van der Waals surface area contributed by atoms with Gasteiger partial charge in [-0.1, -0.05) is 6.92 Å². The van der Waals surface area contributed by atoms with E-state index in [2.05, 4.69) is 22.8 Å². The molecule has 0 N–H and O–H groups in total. The summed E-state index contributed by atoms with van der Waals surface area (Å²) >= 11 is 0. The summed E-state index contributed by atoms with van der Waals surface area (Å²) in [5, 5.41) is 8.96. The van der Waals surface area contributed by atoms with E-state index >= 15 is 0 Å². The summed E-state index contributed by atoms with van der Waals surface area (Å²) in [7, 11) is 0. The number of nitriles is 1. The van der Waals surface area contributed by atoms with E-state index in [-0.39, 0.29) is 5.41 Å². The lowest BCUT2D eigenvalue weighted by Gasteiger charge is -2.35. The van der Waals surface area contributed by atoms with Gasteiger partial charge in [-0.05, 0) is 39.8 Å². The van der Waals surface area contributed by atoms with Gasteiger partial charge >= 0.3 is 0 Å². The number of hydrogen-bond donors (Lipinski definition) is 0. The Hall–Kier alpha value is -0.590. The average molecular weight is 223 g/mol. The molecule has 16 heavy (non-hydrogen) atoms. The monoisotopic (exact) mass is 223 g/mol. The first-order valence-corrected chi connectivity index (χ1v) is 6.43. The van der Waals surface area contributed by atoms with Gasteiger partial charge in [0.25, 0.3) is 0 Å². The topological polar surface area (TPSA) is 30.3 Å². The molecule has 0 atom stereocenters. The van der Waals surface area contributed by atoms with Crippen LogP contribution in [0.3, 0.4) is 0 Å². The molecule has 0 amide bonds. The SMILES string of the molecule is CCCN1CCN(CCC(C)(C)C#N)CC1. The van der Waals surface area contributed by atoms with E-state index in [0.29, 0.717) is 0 Å². The molecule has 3 nitrogen and oxygen atoms in total. The number of rotatable bonds is 5. The van der Waals surface area contributed by atoms with E-state index in [9.17, 15) is 0 Å². The molecule has 0 aliphatic carbocycles. The highest BCUT2D eigenvalue weighted by molar-refractivity contribution is 4.92. The molecule has 0 spiro atoms. The molecule has 1 aliphatic heterocycles. The van der Waals surface area contributed by atoms with Crippen LogP contribution in [0, 0.1) is 16.7 Å². The third-order valence-corrected chi connectivity index (χ3v) is 3.36. The van der Waals surface area contributed by atoms with Crippen molar-refractivity contribution in [3.63, 3.8) is 0 Å². The third-order valence-electron chi connectivity index (χ3n) is 3.36. The van der Waals surface area contributed by atoms with E-state index < -0.39 is 0 Å². The third kappa shape index (κ3) is 4.51. The summed E-state index contributed by atoms with van der Waals surface area (Å²) in [6.45, 7) is 13.3. The van der Waals surface area contributed by atoms with Crippen LogP contribution < -0.4 is 0 Å². The Bertz CT molecular complexity index is 234. The second-order valence-electron chi connectivity index (χ2n) is 5.43. The quantitative estimate of drug-likeness (QED) is 0.713. The first kappa shape index (κ1) is 13.5. The molecule has 1 rings (SSSR count). The Labute approximate surface area is 100 Å². The van der Waals surface area contributed by atoms with Crippen molar-refractivity contribution in [2.24, 2.45) is 5.41 Å². The highest BCUT2D eigenvalue weighted by Gasteiger charge is 2.20. The van der Waals surface area contributed by atoms with Crippen LogP contribution in [0.1, 0.15) is 33.6 Å². The van der Waals surface area contributed by atoms with Gasteiger partial charge in [0.2, 0.25) is 0 Å². The largest absolute Gasteiger partial charge is 0.301 e. The Kier molecular flexibility index (Phi) is 5.24. The number of piperazine rings is 1. The van der Waals surface area contributed by atoms with Gasteiger partial charge in [-0.25, -0.2) is 0 Å². The molecule has 1 fully saturated rings. The van der Waals surface area contributed by atoms with Crippen LogP contribution in [-0.4, -0.2) is 49.1 Å². The van der Waals surface area contributed by atoms with Crippen molar-refractivity contribution in [3.05, 3.63) is 0 Å². The number of hydrogen-bond acceptors (Lipinski definition) is 3. The van der Waals surface area contributed by atoms with Gasteiger partial charge in [0, 0.05) is 26.2 Å². The van der Waals surface area contributed by atoms with Crippen molar-refractivity contribution >= 4 is 0 Å². The molecule has 0 aromatic rings. The van der Waals surface area contributed by atoms with Crippen molar-refractivity contribution in [2.75, 3.05) is 39.3 Å². The summed E-state index contributed by atoms with van der Waals surface area (Å²) in [6, 6.07) is 2.37. The normalized spacial score (nSPS) is 19.6. The Morgan fingerprint density at radius 1 is 1.06 bits per heavy atom. The van der Waals surface area contributed by atoms with E-state index in [4.69, 9.17) is 5.26 Å². The second kappa shape index (κ2) is 6.22. The average Bonchev–Trinajstić information content (AvgIpc) is 2.29. The van der Waals surface area contributed by atoms with E-state index in [1.807, 2.05) is 13.8 Å². The molecular formula is C13H25N3. The van der Waals surface area contributed by atoms with Crippen LogP contribution in [-0.2, 0) is 0 Å². The van der Waals surface area contributed by atoms with Crippen LogP contribution in [0.2, 0.25) is 0 Å². The molecule has 0 bridgehead atoms. The fourth-order valence-electron chi connectivity index (χ4n) is 2.05. The zero-order chi connectivity index (χ0) is 12.0. The van der Waals surface area contributed by atoms with Gasteiger partial charge in [0.05, 0.1) is 11.5 Å². The van der Waals surface area contributed by atoms with Crippen LogP contribution in [0.25, 0.3) is 0 Å². The summed E-state index contributed by atoms with van der Waals surface area (Å²) in [5.74, 6) is 0.